The zero-order valence-corrected chi connectivity index (χ0v) is 21.6. The van der Waals surface area contributed by atoms with E-state index in [1.165, 1.54) is 29.3 Å². The summed E-state index contributed by atoms with van der Waals surface area (Å²) in [7, 11) is -4.16. The number of benzene rings is 2. The van der Waals surface area contributed by atoms with Gasteiger partial charge >= 0.3 is 6.18 Å². The fraction of sp³-hybridized carbons (Fsp3) is 0.444. The van der Waals surface area contributed by atoms with Crippen LogP contribution >= 0.6 is 0 Å². The average molecular weight is 551 g/mol. The monoisotopic (exact) mass is 550 g/mol. The predicted octanol–water partition coefficient (Wildman–Crippen LogP) is 6.12. The van der Waals surface area contributed by atoms with Crippen LogP contribution in [0, 0.1) is 11.7 Å². The molecule has 0 bridgehead atoms. The molecule has 1 aliphatic carbocycles. The molecule has 2 aliphatic rings. The van der Waals surface area contributed by atoms with Gasteiger partial charge in [-0.1, -0.05) is 25.7 Å². The van der Waals surface area contributed by atoms with Gasteiger partial charge in [-0.25, -0.2) is 17.8 Å². The Labute approximate surface area is 219 Å². The molecule has 11 heteroatoms. The van der Waals surface area contributed by atoms with Crippen molar-refractivity contribution in [1.82, 2.24) is 14.3 Å². The summed E-state index contributed by atoms with van der Waals surface area (Å²) < 4.78 is 82.4. The molecule has 0 radical (unpaired) electrons. The summed E-state index contributed by atoms with van der Waals surface area (Å²) in [6.45, 7) is 0.471. The van der Waals surface area contributed by atoms with Crippen LogP contribution in [0.5, 0.6) is 0 Å². The molecule has 204 valence electrons. The Hall–Kier alpha value is -2.92. The van der Waals surface area contributed by atoms with Crippen molar-refractivity contribution >= 4 is 15.7 Å². The van der Waals surface area contributed by atoms with E-state index in [1.54, 1.807) is 18.6 Å². The maximum atomic E-state index is 14.4. The molecule has 2 aromatic carbocycles. The Kier molecular flexibility index (Phi) is 7.50. The van der Waals surface area contributed by atoms with Crippen molar-refractivity contribution in [2.24, 2.45) is 5.92 Å². The minimum Gasteiger partial charge on any atom is -0.361 e. The van der Waals surface area contributed by atoms with Crippen molar-refractivity contribution in [2.45, 2.75) is 68.7 Å². The number of aromatic amines is 1. The van der Waals surface area contributed by atoms with E-state index in [-0.39, 0.29) is 24.0 Å². The van der Waals surface area contributed by atoms with Crippen LogP contribution in [0.15, 0.2) is 59.9 Å². The Morgan fingerprint density at radius 3 is 2.42 bits per heavy atom. The molecule has 0 spiro atoms. The number of nitrogens with zero attached hydrogens (tertiary/aromatic N) is 3. The molecule has 1 N–H and O–H groups in total. The highest BCUT2D eigenvalue weighted by Gasteiger charge is 2.36. The normalized spacial score (nSPS) is 19.5. The minimum atomic E-state index is -4.57. The van der Waals surface area contributed by atoms with E-state index in [9.17, 15) is 26.0 Å². The molecule has 3 aromatic rings. The van der Waals surface area contributed by atoms with Gasteiger partial charge in [0, 0.05) is 31.0 Å². The van der Waals surface area contributed by atoms with Gasteiger partial charge in [0.15, 0.2) is 0 Å². The number of fused-ring (bicyclic) bond motifs is 1. The van der Waals surface area contributed by atoms with E-state index < -0.39 is 27.6 Å². The molecule has 1 atom stereocenters. The Morgan fingerprint density at radius 1 is 1.03 bits per heavy atom. The number of anilines is 1. The third-order valence-electron chi connectivity index (χ3n) is 7.65. The van der Waals surface area contributed by atoms with E-state index in [2.05, 4.69) is 14.9 Å². The van der Waals surface area contributed by atoms with Gasteiger partial charge in [-0.15, -0.1) is 0 Å². The summed E-state index contributed by atoms with van der Waals surface area (Å²) in [4.78, 5) is 9.09. The first-order valence-electron chi connectivity index (χ1n) is 12.8. The number of nitrogens with one attached hydrogen (secondary N) is 1. The summed E-state index contributed by atoms with van der Waals surface area (Å²) >= 11 is 0. The maximum absolute atomic E-state index is 14.4. The van der Waals surface area contributed by atoms with Gasteiger partial charge in [-0.05, 0) is 66.8 Å². The molecule has 6 nitrogen and oxygen atoms in total. The first-order valence-corrected chi connectivity index (χ1v) is 14.2. The van der Waals surface area contributed by atoms with Crippen molar-refractivity contribution in [3.63, 3.8) is 0 Å². The number of rotatable bonds is 7. The van der Waals surface area contributed by atoms with Gasteiger partial charge in [0.2, 0.25) is 10.0 Å². The summed E-state index contributed by atoms with van der Waals surface area (Å²) in [5.74, 6) is 0.0986. The number of sulfonamides is 1. The number of H-pyrrole nitrogens is 1. The third-order valence-corrected chi connectivity index (χ3v) is 9.48. The Morgan fingerprint density at radius 2 is 1.76 bits per heavy atom. The van der Waals surface area contributed by atoms with Crippen molar-refractivity contribution in [1.29, 1.82) is 0 Å². The zero-order chi connectivity index (χ0) is 26.9. The van der Waals surface area contributed by atoms with Gasteiger partial charge in [0.1, 0.15) is 5.82 Å². The van der Waals surface area contributed by atoms with Crippen molar-refractivity contribution in [2.75, 3.05) is 11.4 Å². The standard InChI is InChI=1S/C27H30F4N4O2S/c28-22-8-12-26-20(13-22)15-34(38(36,37)25-10-6-21(7-11-25)27(29,30)31)17-24(9-5-19-3-1-2-4-19)35(26)16-23-14-32-18-33-23/h6-8,10-14,18-19,24H,1-5,9,15-17H2,(H,32,33)/t24-/m1/s1. The summed E-state index contributed by atoms with van der Waals surface area (Å²) in [6, 6.07) is 7.70. The molecular weight excluding hydrogens is 520 g/mol. The van der Waals surface area contributed by atoms with Crippen LogP contribution in [-0.4, -0.2) is 35.3 Å². The Bertz CT molecular complexity index is 1340. The van der Waals surface area contributed by atoms with Gasteiger partial charge < -0.3 is 9.88 Å². The lowest BCUT2D eigenvalue weighted by molar-refractivity contribution is -0.137. The summed E-state index contributed by atoms with van der Waals surface area (Å²) in [5, 5.41) is 0. The topological polar surface area (TPSA) is 69.3 Å². The minimum absolute atomic E-state index is 0.0874. The van der Waals surface area contributed by atoms with E-state index in [4.69, 9.17) is 0 Å². The molecular formula is C27H30F4N4O2S. The fourth-order valence-electron chi connectivity index (χ4n) is 5.64. The lowest BCUT2D eigenvalue weighted by atomic mass is 9.97. The average Bonchev–Trinajstić information content (AvgIpc) is 3.56. The van der Waals surface area contributed by atoms with Crippen molar-refractivity contribution in [3.05, 3.63) is 77.6 Å². The lowest BCUT2D eigenvalue weighted by Crippen LogP contribution is -2.43. The lowest BCUT2D eigenvalue weighted by Gasteiger charge is -2.34. The molecule has 0 amide bonds. The van der Waals surface area contributed by atoms with E-state index in [0.29, 0.717) is 18.0 Å². The van der Waals surface area contributed by atoms with Gasteiger partial charge in [-0.2, -0.15) is 17.5 Å². The van der Waals surface area contributed by atoms with Crippen molar-refractivity contribution in [3.8, 4) is 0 Å². The Balaban J connectivity index is 1.52. The van der Waals surface area contributed by atoms with Gasteiger partial charge in [-0.3, -0.25) is 0 Å². The SMILES string of the molecule is O=S(=O)(c1ccc(C(F)(F)F)cc1)N1Cc2cc(F)ccc2N(Cc2cnc[nH]2)[C@H](CCC2CCCC2)C1. The number of alkyl halides is 3. The molecule has 5 rings (SSSR count). The zero-order valence-electron chi connectivity index (χ0n) is 20.8. The van der Waals surface area contributed by atoms with Crippen LogP contribution in [0.3, 0.4) is 0 Å². The number of halogens is 4. The highest BCUT2D eigenvalue weighted by Crippen LogP contribution is 2.37. The molecule has 1 aliphatic heterocycles. The number of aromatic nitrogens is 2. The summed E-state index contributed by atoms with van der Waals surface area (Å²) in [6.07, 6.45) is 5.09. The smallest absolute Gasteiger partial charge is 0.361 e. The summed E-state index contributed by atoms with van der Waals surface area (Å²) in [5.41, 5.74) is 1.16. The van der Waals surface area contributed by atoms with Crippen LogP contribution in [0.4, 0.5) is 23.2 Å². The van der Waals surface area contributed by atoms with Crippen LogP contribution < -0.4 is 4.90 Å². The third kappa shape index (κ3) is 5.73. The second-order valence-corrected chi connectivity index (χ2v) is 12.1. The van der Waals surface area contributed by atoms with Gasteiger partial charge in [0.25, 0.3) is 0 Å². The second kappa shape index (κ2) is 10.7. The number of hydrogen-bond donors (Lipinski definition) is 1. The quantitative estimate of drug-likeness (QED) is 0.360. The van der Waals surface area contributed by atoms with Gasteiger partial charge in [0.05, 0.1) is 29.0 Å². The van der Waals surface area contributed by atoms with Crippen LogP contribution in [0.1, 0.15) is 55.3 Å². The first kappa shape index (κ1) is 26.7. The highest BCUT2D eigenvalue weighted by atomic mass is 32.2. The number of hydrogen-bond acceptors (Lipinski definition) is 4. The fourth-order valence-corrected chi connectivity index (χ4v) is 7.09. The number of imidazole rings is 1. The van der Waals surface area contributed by atoms with E-state index in [0.717, 1.165) is 61.3 Å². The largest absolute Gasteiger partial charge is 0.416 e. The second-order valence-electron chi connectivity index (χ2n) is 10.2. The highest BCUT2D eigenvalue weighted by molar-refractivity contribution is 7.89. The molecule has 1 saturated carbocycles. The molecule has 1 aromatic heterocycles. The van der Waals surface area contributed by atoms with Crippen LogP contribution in [0.25, 0.3) is 0 Å². The van der Waals surface area contributed by atoms with Crippen molar-refractivity contribution < 1.29 is 26.0 Å². The van der Waals surface area contributed by atoms with E-state index in [1.807, 2.05) is 0 Å². The maximum Gasteiger partial charge on any atom is 0.416 e. The molecule has 2 heterocycles. The van der Waals surface area contributed by atoms with Crippen LogP contribution in [-0.2, 0) is 29.3 Å². The first-order chi connectivity index (χ1) is 18.1. The van der Waals surface area contributed by atoms with E-state index >= 15 is 0 Å². The molecule has 0 saturated heterocycles. The predicted molar refractivity (Wildman–Crippen MR) is 135 cm³/mol. The van der Waals surface area contributed by atoms with Crippen LogP contribution in [0.2, 0.25) is 0 Å². The molecule has 1 fully saturated rings. The molecule has 38 heavy (non-hydrogen) atoms. The molecule has 0 unspecified atom stereocenters.